The van der Waals surface area contributed by atoms with Gasteiger partial charge < -0.3 is 9.90 Å². The quantitative estimate of drug-likeness (QED) is 0.643. The van der Waals surface area contributed by atoms with E-state index < -0.39 is 5.60 Å². The van der Waals surface area contributed by atoms with Crippen LogP contribution in [-0.2, 0) is 9.59 Å². The van der Waals surface area contributed by atoms with E-state index in [1.165, 1.54) is 12.5 Å². The van der Waals surface area contributed by atoms with Crippen LogP contribution in [0.15, 0.2) is 11.6 Å². The number of Topliss-reactive ketones (excluding diaryl/α,β-unsaturated/α-hetero) is 2. The SMILES string of the molecule is CC(=O)CCC/C(C)=C/CC[C@](C)(O)CC(C)=O. The molecule has 0 aromatic rings. The molecule has 0 rings (SSSR count). The summed E-state index contributed by atoms with van der Waals surface area (Å²) in [6.45, 7) is 6.85. The van der Waals surface area contributed by atoms with Crippen molar-refractivity contribution in [3.05, 3.63) is 11.6 Å². The zero-order chi connectivity index (χ0) is 14.2. The Balaban J connectivity index is 3.92. The normalized spacial score (nSPS) is 15.3. The fourth-order valence-corrected chi connectivity index (χ4v) is 1.97. The Morgan fingerprint density at radius 3 is 2.22 bits per heavy atom. The van der Waals surface area contributed by atoms with Gasteiger partial charge in [0.25, 0.3) is 0 Å². The number of rotatable bonds is 9. The van der Waals surface area contributed by atoms with Crippen molar-refractivity contribution >= 4 is 11.6 Å². The van der Waals surface area contributed by atoms with Gasteiger partial charge in [0.2, 0.25) is 0 Å². The Morgan fingerprint density at radius 1 is 1.11 bits per heavy atom. The predicted molar refractivity (Wildman–Crippen MR) is 73.4 cm³/mol. The third-order valence-electron chi connectivity index (χ3n) is 2.91. The average Bonchev–Trinajstić information content (AvgIpc) is 2.14. The van der Waals surface area contributed by atoms with Crippen LogP contribution in [0.1, 0.15) is 66.2 Å². The highest BCUT2D eigenvalue weighted by Gasteiger charge is 2.21. The van der Waals surface area contributed by atoms with E-state index in [1.807, 2.05) is 6.92 Å². The summed E-state index contributed by atoms with van der Waals surface area (Å²) in [5, 5.41) is 9.95. The summed E-state index contributed by atoms with van der Waals surface area (Å²) in [7, 11) is 0. The molecule has 0 saturated carbocycles. The van der Waals surface area contributed by atoms with Crippen LogP contribution in [0.3, 0.4) is 0 Å². The molecule has 0 radical (unpaired) electrons. The first kappa shape index (κ1) is 17.0. The second kappa shape index (κ2) is 8.20. The Hall–Kier alpha value is -0.960. The van der Waals surface area contributed by atoms with E-state index in [9.17, 15) is 14.7 Å². The second-order valence-corrected chi connectivity index (χ2v) is 5.52. The smallest absolute Gasteiger partial charge is 0.132 e. The van der Waals surface area contributed by atoms with Crippen molar-refractivity contribution in [3.63, 3.8) is 0 Å². The maximum absolute atomic E-state index is 11.0. The summed E-state index contributed by atoms with van der Waals surface area (Å²) in [4.78, 5) is 21.7. The fourth-order valence-electron chi connectivity index (χ4n) is 1.97. The number of aliphatic hydroxyl groups is 1. The molecule has 0 fully saturated rings. The van der Waals surface area contributed by atoms with Crippen LogP contribution >= 0.6 is 0 Å². The molecule has 0 unspecified atom stereocenters. The minimum atomic E-state index is -0.901. The van der Waals surface area contributed by atoms with Crippen molar-refractivity contribution in [2.24, 2.45) is 0 Å². The predicted octanol–water partition coefficient (Wildman–Crippen LogP) is 3.20. The van der Waals surface area contributed by atoms with E-state index in [0.717, 1.165) is 19.3 Å². The standard InChI is InChI=1S/C15H26O3/c1-12(7-5-9-13(2)16)8-6-10-15(4,18)11-14(3)17/h8,18H,5-7,9-11H2,1-4H3/b12-8+/t15-/m0/s1. The van der Waals surface area contributed by atoms with Crippen molar-refractivity contribution in [2.75, 3.05) is 0 Å². The zero-order valence-electron chi connectivity index (χ0n) is 12.1. The van der Waals surface area contributed by atoms with Crippen molar-refractivity contribution in [1.29, 1.82) is 0 Å². The Bertz CT molecular complexity index is 314. The molecule has 0 saturated heterocycles. The fraction of sp³-hybridized carbons (Fsp3) is 0.733. The van der Waals surface area contributed by atoms with Crippen LogP contribution in [0.5, 0.6) is 0 Å². The maximum Gasteiger partial charge on any atom is 0.132 e. The van der Waals surface area contributed by atoms with E-state index in [1.54, 1.807) is 13.8 Å². The lowest BCUT2D eigenvalue weighted by atomic mass is 9.93. The molecule has 0 amide bonds. The van der Waals surface area contributed by atoms with Gasteiger partial charge in [0, 0.05) is 12.8 Å². The van der Waals surface area contributed by atoms with Gasteiger partial charge >= 0.3 is 0 Å². The van der Waals surface area contributed by atoms with Crippen LogP contribution in [0, 0.1) is 0 Å². The minimum Gasteiger partial charge on any atom is -0.390 e. The molecule has 0 aromatic carbocycles. The van der Waals surface area contributed by atoms with Crippen LogP contribution in [0.25, 0.3) is 0 Å². The summed E-state index contributed by atoms with van der Waals surface area (Å²) >= 11 is 0. The summed E-state index contributed by atoms with van der Waals surface area (Å²) in [6.07, 6.45) is 6.12. The Labute approximate surface area is 110 Å². The third-order valence-corrected chi connectivity index (χ3v) is 2.91. The van der Waals surface area contributed by atoms with E-state index in [-0.39, 0.29) is 18.0 Å². The number of ketones is 2. The minimum absolute atomic E-state index is 0.0159. The molecular formula is C15H26O3. The van der Waals surface area contributed by atoms with Gasteiger partial charge in [0.15, 0.2) is 0 Å². The molecule has 0 heterocycles. The van der Waals surface area contributed by atoms with Crippen molar-refractivity contribution < 1.29 is 14.7 Å². The van der Waals surface area contributed by atoms with Crippen LogP contribution in [-0.4, -0.2) is 22.3 Å². The highest BCUT2D eigenvalue weighted by molar-refractivity contribution is 5.76. The Morgan fingerprint density at radius 2 is 1.72 bits per heavy atom. The van der Waals surface area contributed by atoms with Crippen LogP contribution in [0.2, 0.25) is 0 Å². The monoisotopic (exact) mass is 254 g/mol. The molecular weight excluding hydrogens is 228 g/mol. The zero-order valence-corrected chi connectivity index (χ0v) is 12.1. The topological polar surface area (TPSA) is 54.4 Å². The molecule has 18 heavy (non-hydrogen) atoms. The van der Waals surface area contributed by atoms with Crippen molar-refractivity contribution in [3.8, 4) is 0 Å². The molecule has 0 aliphatic heterocycles. The lowest BCUT2D eigenvalue weighted by Crippen LogP contribution is -2.26. The molecule has 0 aliphatic rings. The van der Waals surface area contributed by atoms with Crippen LogP contribution in [0.4, 0.5) is 0 Å². The summed E-state index contributed by atoms with van der Waals surface area (Å²) in [6, 6.07) is 0. The molecule has 104 valence electrons. The molecule has 0 aromatic heterocycles. The van der Waals surface area contributed by atoms with Gasteiger partial charge in [-0.1, -0.05) is 11.6 Å². The first-order valence-electron chi connectivity index (χ1n) is 6.60. The first-order chi connectivity index (χ1) is 8.23. The van der Waals surface area contributed by atoms with E-state index in [4.69, 9.17) is 0 Å². The molecule has 1 N–H and O–H groups in total. The van der Waals surface area contributed by atoms with Gasteiger partial charge in [-0.15, -0.1) is 0 Å². The highest BCUT2D eigenvalue weighted by Crippen LogP contribution is 2.18. The summed E-state index contributed by atoms with van der Waals surface area (Å²) in [5.74, 6) is 0.245. The summed E-state index contributed by atoms with van der Waals surface area (Å²) < 4.78 is 0. The number of allylic oxidation sites excluding steroid dienone is 2. The number of hydrogen-bond acceptors (Lipinski definition) is 3. The molecule has 3 heteroatoms. The number of hydrogen-bond donors (Lipinski definition) is 1. The average molecular weight is 254 g/mol. The van der Waals surface area contributed by atoms with E-state index >= 15 is 0 Å². The van der Waals surface area contributed by atoms with E-state index in [0.29, 0.717) is 12.8 Å². The lowest BCUT2D eigenvalue weighted by Gasteiger charge is -2.20. The lowest BCUT2D eigenvalue weighted by molar-refractivity contribution is -0.121. The van der Waals surface area contributed by atoms with Gasteiger partial charge in [0.05, 0.1) is 5.60 Å². The molecule has 1 atom stereocenters. The second-order valence-electron chi connectivity index (χ2n) is 5.52. The van der Waals surface area contributed by atoms with Gasteiger partial charge in [-0.05, 0) is 53.4 Å². The third kappa shape index (κ3) is 10.2. The van der Waals surface area contributed by atoms with Gasteiger partial charge in [-0.2, -0.15) is 0 Å². The molecule has 3 nitrogen and oxygen atoms in total. The van der Waals surface area contributed by atoms with Crippen molar-refractivity contribution in [2.45, 2.75) is 71.8 Å². The molecule has 0 aliphatic carbocycles. The molecule has 0 spiro atoms. The van der Waals surface area contributed by atoms with Crippen LogP contribution < -0.4 is 0 Å². The largest absolute Gasteiger partial charge is 0.390 e. The maximum atomic E-state index is 11.0. The molecule has 0 bridgehead atoms. The van der Waals surface area contributed by atoms with E-state index in [2.05, 4.69) is 6.08 Å². The summed E-state index contributed by atoms with van der Waals surface area (Å²) in [5.41, 5.74) is 0.344. The van der Waals surface area contributed by atoms with Gasteiger partial charge in [-0.3, -0.25) is 4.79 Å². The first-order valence-corrected chi connectivity index (χ1v) is 6.60. The highest BCUT2D eigenvalue weighted by atomic mass is 16.3. The van der Waals surface area contributed by atoms with Crippen molar-refractivity contribution in [1.82, 2.24) is 0 Å². The number of carbonyl (C=O) groups is 2. The van der Waals surface area contributed by atoms with Gasteiger partial charge in [0.1, 0.15) is 11.6 Å². The Kier molecular flexibility index (Phi) is 7.76. The number of carbonyl (C=O) groups excluding carboxylic acids is 2. The van der Waals surface area contributed by atoms with Gasteiger partial charge in [-0.25, -0.2) is 0 Å².